The number of morpholine rings is 1. The first-order valence-corrected chi connectivity index (χ1v) is 8.26. The highest BCUT2D eigenvalue weighted by Crippen LogP contribution is 2.24. The van der Waals surface area contributed by atoms with Crippen molar-refractivity contribution in [3.63, 3.8) is 0 Å². The quantitative estimate of drug-likeness (QED) is 0.766. The van der Waals surface area contributed by atoms with Gasteiger partial charge in [0.2, 0.25) is 0 Å². The molecule has 3 rings (SSSR count). The van der Waals surface area contributed by atoms with Crippen molar-refractivity contribution in [3.05, 3.63) is 51.6 Å². The van der Waals surface area contributed by atoms with Crippen LogP contribution in [0.3, 0.4) is 0 Å². The van der Waals surface area contributed by atoms with Crippen molar-refractivity contribution in [3.8, 4) is 0 Å². The zero-order chi connectivity index (χ0) is 16.2. The number of benzene rings is 1. The minimum atomic E-state index is -0.370. The second-order valence-corrected chi connectivity index (χ2v) is 6.32. The summed E-state index contributed by atoms with van der Waals surface area (Å²) in [6, 6.07) is 6.52. The summed E-state index contributed by atoms with van der Waals surface area (Å²) in [7, 11) is 0. The molecule has 120 valence electrons. The Morgan fingerprint density at radius 2 is 2.04 bits per heavy atom. The molecule has 1 aliphatic heterocycles. The lowest BCUT2D eigenvalue weighted by Crippen LogP contribution is -2.40. The van der Waals surface area contributed by atoms with Gasteiger partial charge in [0.1, 0.15) is 5.82 Å². The number of hydrogen-bond acceptors (Lipinski definition) is 4. The van der Waals surface area contributed by atoms with Crippen molar-refractivity contribution in [2.45, 2.75) is 0 Å². The van der Waals surface area contributed by atoms with E-state index in [1.54, 1.807) is 29.3 Å². The van der Waals surface area contributed by atoms with Gasteiger partial charge in [-0.2, -0.15) is 0 Å². The number of aromatic nitrogens is 1. The van der Waals surface area contributed by atoms with E-state index in [9.17, 15) is 9.18 Å². The minimum Gasteiger partial charge on any atom is -0.378 e. The third kappa shape index (κ3) is 3.78. The van der Waals surface area contributed by atoms with E-state index in [2.05, 4.69) is 10.3 Å². The van der Waals surface area contributed by atoms with Crippen LogP contribution in [0.25, 0.3) is 0 Å². The standard InChI is InChI=1S/C16H15FIN3O2/c17-13-9-11(18)1-2-14(13)20-15-10-19-4-3-12(15)16(22)21-5-7-23-8-6-21/h1-4,9-10,20H,5-8H2. The van der Waals surface area contributed by atoms with E-state index in [4.69, 9.17) is 4.74 Å². The molecule has 2 aromatic rings. The summed E-state index contributed by atoms with van der Waals surface area (Å²) in [5.74, 6) is -0.477. The Bertz CT molecular complexity index is 720. The second kappa shape index (κ2) is 7.22. The van der Waals surface area contributed by atoms with Gasteiger partial charge in [-0.1, -0.05) is 0 Å². The van der Waals surface area contributed by atoms with Crippen LogP contribution >= 0.6 is 22.6 Å². The van der Waals surface area contributed by atoms with Gasteiger partial charge >= 0.3 is 0 Å². The van der Waals surface area contributed by atoms with E-state index in [-0.39, 0.29) is 11.7 Å². The van der Waals surface area contributed by atoms with Gasteiger partial charge in [-0.05, 0) is 46.9 Å². The van der Waals surface area contributed by atoms with Crippen molar-refractivity contribution in [2.75, 3.05) is 31.6 Å². The first-order valence-electron chi connectivity index (χ1n) is 7.18. The summed E-state index contributed by atoms with van der Waals surface area (Å²) in [6.07, 6.45) is 3.09. The molecule has 2 heterocycles. The van der Waals surface area contributed by atoms with E-state index >= 15 is 0 Å². The molecule has 1 aromatic carbocycles. The number of pyridine rings is 1. The molecule has 5 nitrogen and oxygen atoms in total. The third-order valence-corrected chi connectivity index (χ3v) is 4.22. The van der Waals surface area contributed by atoms with E-state index in [0.29, 0.717) is 43.2 Å². The van der Waals surface area contributed by atoms with Crippen molar-refractivity contribution in [1.29, 1.82) is 0 Å². The molecule has 0 aliphatic carbocycles. The zero-order valence-electron chi connectivity index (χ0n) is 12.3. The van der Waals surface area contributed by atoms with Gasteiger partial charge in [0.05, 0.1) is 36.3 Å². The number of halogens is 2. The number of hydrogen-bond donors (Lipinski definition) is 1. The molecule has 23 heavy (non-hydrogen) atoms. The predicted octanol–water partition coefficient (Wildman–Crippen LogP) is 3.04. The van der Waals surface area contributed by atoms with Gasteiger partial charge in [0.25, 0.3) is 5.91 Å². The largest absolute Gasteiger partial charge is 0.378 e. The smallest absolute Gasteiger partial charge is 0.256 e. The summed E-state index contributed by atoms with van der Waals surface area (Å²) < 4.78 is 20.1. The summed E-state index contributed by atoms with van der Waals surface area (Å²) >= 11 is 2.05. The van der Waals surface area contributed by atoms with E-state index in [0.717, 1.165) is 3.57 Å². The molecule has 0 spiro atoms. The van der Waals surface area contributed by atoms with E-state index in [1.807, 2.05) is 22.6 Å². The van der Waals surface area contributed by atoms with Crippen LogP contribution in [0.1, 0.15) is 10.4 Å². The number of anilines is 2. The van der Waals surface area contributed by atoms with Gasteiger partial charge < -0.3 is 15.0 Å². The van der Waals surface area contributed by atoms with Crippen molar-refractivity contribution in [2.24, 2.45) is 0 Å². The molecule has 1 aromatic heterocycles. The number of rotatable bonds is 3. The van der Waals surface area contributed by atoms with Crippen molar-refractivity contribution < 1.29 is 13.9 Å². The molecule has 0 atom stereocenters. The molecule has 1 amide bonds. The monoisotopic (exact) mass is 427 g/mol. The highest BCUT2D eigenvalue weighted by Gasteiger charge is 2.21. The molecule has 1 fully saturated rings. The number of carbonyl (C=O) groups excluding carboxylic acids is 1. The average molecular weight is 427 g/mol. The minimum absolute atomic E-state index is 0.107. The number of ether oxygens (including phenoxy) is 1. The fraction of sp³-hybridized carbons (Fsp3) is 0.250. The lowest BCUT2D eigenvalue weighted by atomic mass is 10.1. The first-order chi connectivity index (χ1) is 11.1. The van der Waals surface area contributed by atoms with Gasteiger partial charge in [-0.25, -0.2) is 4.39 Å². The highest BCUT2D eigenvalue weighted by molar-refractivity contribution is 14.1. The number of nitrogens with one attached hydrogen (secondary N) is 1. The SMILES string of the molecule is O=C(c1ccncc1Nc1ccc(I)cc1F)N1CCOCC1. The molecule has 0 unspecified atom stereocenters. The summed E-state index contributed by atoms with van der Waals surface area (Å²) in [4.78, 5) is 18.4. The Morgan fingerprint density at radius 1 is 1.26 bits per heavy atom. The topological polar surface area (TPSA) is 54.5 Å². The molecule has 1 N–H and O–H groups in total. The summed E-state index contributed by atoms with van der Waals surface area (Å²) in [6.45, 7) is 2.17. The molecule has 1 aliphatic rings. The van der Waals surface area contributed by atoms with Crippen molar-refractivity contribution in [1.82, 2.24) is 9.88 Å². The molecule has 0 saturated carbocycles. The van der Waals surface area contributed by atoms with Gasteiger partial charge in [0, 0.05) is 22.9 Å². The van der Waals surface area contributed by atoms with Crippen LogP contribution in [0, 0.1) is 9.39 Å². The van der Waals surface area contributed by atoms with Crippen LogP contribution in [0.15, 0.2) is 36.7 Å². The predicted molar refractivity (Wildman–Crippen MR) is 93.4 cm³/mol. The summed E-state index contributed by atoms with van der Waals surface area (Å²) in [5, 5.41) is 2.97. The van der Waals surface area contributed by atoms with Gasteiger partial charge in [-0.3, -0.25) is 9.78 Å². The third-order valence-electron chi connectivity index (χ3n) is 3.55. The van der Waals surface area contributed by atoms with Crippen LogP contribution in [0.5, 0.6) is 0 Å². The Hall–Kier alpha value is -1.74. The van der Waals surface area contributed by atoms with E-state index in [1.165, 1.54) is 12.3 Å². The Labute approximate surface area is 147 Å². The van der Waals surface area contributed by atoms with Crippen LogP contribution in [-0.4, -0.2) is 42.1 Å². The fourth-order valence-electron chi connectivity index (χ4n) is 2.35. The van der Waals surface area contributed by atoms with Crippen LogP contribution in [0.2, 0.25) is 0 Å². The Kier molecular flexibility index (Phi) is 5.06. The molecule has 0 radical (unpaired) electrons. The maximum atomic E-state index is 14.0. The van der Waals surface area contributed by atoms with Crippen LogP contribution in [-0.2, 0) is 4.74 Å². The maximum Gasteiger partial charge on any atom is 0.256 e. The Morgan fingerprint density at radius 3 is 2.78 bits per heavy atom. The van der Waals surface area contributed by atoms with Gasteiger partial charge in [0.15, 0.2) is 0 Å². The maximum absolute atomic E-state index is 14.0. The normalized spacial score (nSPS) is 14.6. The molecular weight excluding hydrogens is 412 g/mol. The van der Waals surface area contributed by atoms with Crippen LogP contribution < -0.4 is 5.32 Å². The first kappa shape index (κ1) is 16.1. The molecule has 0 bridgehead atoms. The Balaban J connectivity index is 1.86. The average Bonchev–Trinajstić information content (AvgIpc) is 2.58. The molecule has 7 heteroatoms. The van der Waals surface area contributed by atoms with Crippen LogP contribution in [0.4, 0.5) is 15.8 Å². The highest BCUT2D eigenvalue weighted by atomic mass is 127. The van der Waals surface area contributed by atoms with Crippen molar-refractivity contribution >= 4 is 39.9 Å². The lowest BCUT2D eigenvalue weighted by molar-refractivity contribution is 0.0303. The van der Waals surface area contributed by atoms with E-state index < -0.39 is 0 Å². The lowest BCUT2D eigenvalue weighted by Gasteiger charge is -2.27. The van der Waals surface area contributed by atoms with Gasteiger partial charge in [-0.15, -0.1) is 0 Å². The zero-order valence-corrected chi connectivity index (χ0v) is 14.4. The summed E-state index contributed by atoms with van der Waals surface area (Å²) in [5.41, 5.74) is 1.28. The number of nitrogens with zero attached hydrogens (tertiary/aromatic N) is 2. The number of carbonyl (C=O) groups is 1. The number of amides is 1. The fourth-order valence-corrected chi connectivity index (χ4v) is 2.81. The molecule has 1 saturated heterocycles. The molecular formula is C16H15FIN3O2. The second-order valence-electron chi connectivity index (χ2n) is 5.08.